The van der Waals surface area contributed by atoms with E-state index in [1.54, 1.807) is 0 Å². The maximum absolute atomic E-state index is 2.40. The van der Waals surface area contributed by atoms with E-state index in [4.69, 9.17) is 0 Å². The van der Waals surface area contributed by atoms with Gasteiger partial charge >= 0.3 is 0 Å². The van der Waals surface area contributed by atoms with Crippen LogP contribution in [-0.4, -0.2) is 8.07 Å². The average Bonchev–Trinajstić information content (AvgIpc) is 3.28. The van der Waals surface area contributed by atoms with Gasteiger partial charge in [0.1, 0.15) is 0 Å². The van der Waals surface area contributed by atoms with Gasteiger partial charge in [-0.2, -0.15) is 0 Å². The zero-order valence-electron chi connectivity index (χ0n) is 33.3. The number of para-hydroxylation sites is 2. The lowest BCUT2D eigenvalue weighted by Crippen LogP contribution is -2.37. The van der Waals surface area contributed by atoms with Gasteiger partial charge in [0, 0.05) is 34.1 Å². The Bertz CT molecular complexity index is 2710. The van der Waals surface area contributed by atoms with Crippen LogP contribution in [0.25, 0.3) is 44.2 Å². The minimum atomic E-state index is -1.44. The summed E-state index contributed by atoms with van der Waals surface area (Å²) in [5.41, 5.74) is 14.0. The number of hydrogen-bond donors (Lipinski definition) is 0. The van der Waals surface area contributed by atoms with Gasteiger partial charge in [-0.15, -0.1) is 0 Å². The highest BCUT2D eigenvalue weighted by atomic mass is 28.3. The molecule has 3 heteroatoms. The molecule has 0 aliphatic rings. The number of fused-ring (bicyclic) bond motifs is 1. The highest BCUT2D eigenvalue weighted by molar-refractivity contribution is 6.88. The molecule has 2 nitrogen and oxygen atoms in total. The van der Waals surface area contributed by atoms with Crippen LogP contribution in [0, 0.1) is 0 Å². The first-order chi connectivity index (χ1) is 28.4. The second kappa shape index (κ2) is 15.9. The monoisotopic (exact) mass is 762 g/mol. The molecule has 280 valence electrons. The number of hydrogen-bond acceptors (Lipinski definition) is 2. The number of anilines is 6. The van der Waals surface area contributed by atoms with E-state index in [0.717, 1.165) is 34.1 Å². The maximum Gasteiger partial charge on any atom is 0.0775 e. The summed E-state index contributed by atoms with van der Waals surface area (Å²) in [6.45, 7) is 7.20. The molecule has 0 atom stereocenters. The van der Waals surface area contributed by atoms with Crippen LogP contribution in [0.2, 0.25) is 19.6 Å². The van der Waals surface area contributed by atoms with Gasteiger partial charge in [0.25, 0.3) is 0 Å². The molecule has 0 heterocycles. The van der Waals surface area contributed by atoms with E-state index in [9.17, 15) is 0 Å². The summed E-state index contributed by atoms with van der Waals surface area (Å²) in [6.07, 6.45) is 0. The zero-order chi connectivity index (χ0) is 39.5. The van der Waals surface area contributed by atoms with Gasteiger partial charge in [-0.3, -0.25) is 0 Å². The van der Waals surface area contributed by atoms with Crippen LogP contribution in [0.15, 0.2) is 224 Å². The molecule has 0 N–H and O–H groups in total. The van der Waals surface area contributed by atoms with E-state index in [1.165, 1.54) is 49.3 Å². The Morgan fingerprint density at radius 3 is 0.948 bits per heavy atom. The van der Waals surface area contributed by atoms with Crippen molar-refractivity contribution in [3.63, 3.8) is 0 Å². The normalized spacial score (nSPS) is 11.4. The summed E-state index contributed by atoms with van der Waals surface area (Å²) in [4.78, 5) is 4.66. The predicted octanol–water partition coefficient (Wildman–Crippen LogP) is 15.3. The first-order valence-corrected chi connectivity index (χ1v) is 23.6. The first kappa shape index (κ1) is 36.7. The lowest BCUT2D eigenvalue weighted by Gasteiger charge is -2.27. The molecule has 0 aromatic heterocycles. The fourth-order valence-corrected chi connectivity index (χ4v) is 8.96. The Morgan fingerprint density at radius 1 is 0.259 bits per heavy atom. The van der Waals surface area contributed by atoms with Crippen LogP contribution < -0.4 is 15.0 Å². The average molecular weight is 763 g/mol. The van der Waals surface area contributed by atoms with Crippen LogP contribution in [0.3, 0.4) is 0 Å². The second-order valence-corrected chi connectivity index (χ2v) is 21.0. The molecule has 0 radical (unpaired) electrons. The molecule has 9 rings (SSSR count). The van der Waals surface area contributed by atoms with Crippen molar-refractivity contribution in [1.82, 2.24) is 0 Å². The van der Waals surface area contributed by atoms with Crippen LogP contribution in [0.4, 0.5) is 34.1 Å². The molecule has 0 fully saturated rings. The first-order valence-electron chi connectivity index (χ1n) is 20.1. The molecule has 0 saturated carbocycles. The highest BCUT2D eigenvalue weighted by Crippen LogP contribution is 2.38. The maximum atomic E-state index is 2.40. The fourth-order valence-electron chi connectivity index (χ4n) is 7.79. The molecule has 0 unspecified atom stereocenters. The van der Waals surface area contributed by atoms with Crippen molar-refractivity contribution in [3.05, 3.63) is 224 Å². The fraction of sp³-hybridized carbons (Fsp3) is 0.0545. The predicted molar refractivity (Wildman–Crippen MR) is 253 cm³/mol. The zero-order valence-corrected chi connectivity index (χ0v) is 34.3. The Balaban J connectivity index is 0.976. The van der Waals surface area contributed by atoms with E-state index in [2.05, 4.69) is 254 Å². The lowest BCUT2D eigenvalue weighted by molar-refractivity contribution is 1.28. The third-order valence-electron chi connectivity index (χ3n) is 11.0. The summed E-state index contributed by atoms with van der Waals surface area (Å²) in [6, 6.07) is 81.3. The molecule has 0 aliphatic heterocycles. The number of nitrogens with zero attached hydrogens (tertiary/aromatic N) is 2. The van der Waals surface area contributed by atoms with Crippen molar-refractivity contribution in [2.24, 2.45) is 0 Å². The Labute approximate surface area is 344 Å². The summed E-state index contributed by atoms with van der Waals surface area (Å²) in [5.74, 6) is 0. The molecule has 9 aromatic carbocycles. The van der Waals surface area contributed by atoms with E-state index in [-0.39, 0.29) is 0 Å². The molecule has 0 spiro atoms. The number of rotatable bonds is 10. The summed E-state index contributed by atoms with van der Waals surface area (Å²) in [5, 5.41) is 3.97. The van der Waals surface area contributed by atoms with Crippen LogP contribution in [0.5, 0.6) is 0 Å². The van der Waals surface area contributed by atoms with Crippen molar-refractivity contribution in [2.45, 2.75) is 19.6 Å². The van der Waals surface area contributed by atoms with Gasteiger partial charge in [-0.05, 0) is 123 Å². The largest absolute Gasteiger partial charge is 0.311 e. The minimum absolute atomic E-state index is 1.12. The van der Waals surface area contributed by atoms with Crippen molar-refractivity contribution >= 4 is 58.2 Å². The smallest absolute Gasteiger partial charge is 0.0775 e. The number of benzene rings is 9. The van der Waals surface area contributed by atoms with Crippen molar-refractivity contribution in [1.29, 1.82) is 0 Å². The Kier molecular flexibility index (Phi) is 10.1. The van der Waals surface area contributed by atoms with Crippen LogP contribution >= 0.6 is 0 Å². The molecule has 0 amide bonds. The second-order valence-electron chi connectivity index (χ2n) is 15.9. The van der Waals surface area contributed by atoms with Crippen molar-refractivity contribution < 1.29 is 0 Å². The Hall–Kier alpha value is -6.94. The van der Waals surface area contributed by atoms with Gasteiger partial charge in [0.05, 0.1) is 8.07 Å². The quantitative estimate of drug-likeness (QED) is 0.128. The lowest BCUT2D eigenvalue weighted by atomic mass is 9.99. The molecule has 0 aliphatic carbocycles. The van der Waals surface area contributed by atoms with Gasteiger partial charge in [-0.1, -0.05) is 170 Å². The van der Waals surface area contributed by atoms with Crippen molar-refractivity contribution in [2.75, 3.05) is 9.80 Å². The summed E-state index contributed by atoms with van der Waals surface area (Å²) >= 11 is 0. The molecule has 0 bridgehead atoms. The SMILES string of the molecule is C[Si](C)(C)c1ccc(N(c2ccc(-c3ccc(-c4ccc(N(c5ccccc5)c5ccccc5)cc4)cc3)cc2)c2ccc(-c3ccc4ccccc4c3)cc2)cc1. The summed E-state index contributed by atoms with van der Waals surface area (Å²) < 4.78 is 0. The van der Waals surface area contributed by atoms with E-state index < -0.39 is 8.07 Å². The van der Waals surface area contributed by atoms with E-state index >= 15 is 0 Å². The topological polar surface area (TPSA) is 6.48 Å². The molecule has 58 heavy (non-hydrogen) atoms. The third kappa shape index (κ3) is 7.73. The molecular weight excluding hydrogens is 717 g/mol. The molecular formula is C55H46N2Si. The minimum Gasteiger partial charge on any atom is -0.311 e. The van der Waals surface area contributed by atoms with E-state index in [0.29, 0.717) is 0 Å². The van der Waals surface area contributed by atoms with Gasteiger partial charge < -0.3 is 9.80 Å². The van der Waals surface area contributed by atoms with Gasteiger partial charge in [0.15, 0.2) is 0 Å². The molecule has 0 saturated heterocycles. The standard InChI is InChI=1S/C55H46N2Si/c1-58(2,3)55-38-36-54(37-39-55)57(53-34-28-46(29-35-53)48-23-22-41-12-10-11-13-47(41)40-48)52-32-26-45(27-33-52)43-20-18-42(19-21-43)44-24-30-51(31-25-44)56(49-14-6-4-7-15-49)50-16-8-5-9-17-50/h4-40H,1-3H3. The van der Waals surface area contributed by atoms with Crippen LogP contribution in [0.1, 0.15) is 0 Å². The van der Waals surface area contributed by atoms with Gasteiger partial charge in [0.2, 0.25) is 0 Å². The van der Waals surface area contributed by atoms with Gasteiger partial charge in [-0.25, -0.2) is 0 Å². The third-order valence-corrected chi connectivity index (χ3v) is 13.1. The highest BCUT2D eigenvalue weighted by Gasteiger charge is 2.19. The summed E-state index contributed by atoms with van der Waals surface area (Å²) in [7, 11) is -1.44. The van der Waals surface area contributed by atoms with E-state index in [1.807, 2.05) is 0 Å². The Morgan fingerprint density at radius 2 is 0.552 bits per heavy atom. The van der Waals surface area contributed by atoms with Crippen LogP contribution in [-0.2, 0) is 0 Å². The van der Waals surface area contributed by atoms with Crippen molar-refractivity contribution in [3.8, 4) is 33.4 Å². The molecule has 9 aromatic rings.